The number of hydrogen-bond acceptors (Lipinski definition) is 6. The van der Waals surface area contributed by atoms with Crippen molar-refractivity contribution in [2.24, 2.45) is 5.10 Å². The molecule has 4 aromatic carbocycles. The van der Waals surface area contributed by atoms with Gasteiger partial charge < -0.3 is 9.72 Å². The number of carbonyl (C=O) groups is 2. The Morgan fingerprint density at radius 3 is 2.40 bits per heavy atom. The third kappa shape index (κ3) is 6.77. The number of nitrogens with one attached hydrogen (secondary N) is 2. The van der Waals surface area contributed by atoms with Gasteiger partial charge in [0, 0.05) is 43.7 Å². The molecule has 5 aromatic rings. The van der Waals surface area contributed by atoms with E-state index < -0.39 is 28.5 Å². The van der Waals surface area contributed by atoms with Gasteiger partial charge in [-0.2, -0.15) is 18.3 Å². The van der Waals surface area contributed by atoms with Crippen LogP contribution >= 0.6 is 43.5 Å². The first kappa shape index (κ1) is 31.9. The number of ether oxygens (including phenoxy) is 1. The zero-order valence-corrected chi connectivity index (χ0v) is 26.2. The molecule has 0 unspecified atom stereocenters. The fourth-order valence-corrected chi connectivity index (χ4v) is 6.01. The number of H-pyrrole nitrogens is 1. The third-order valence-electron chi connectivity index (χ3n) is 6.42. The van der Waals surface area contributed by atoms with Crippen LogP contribution in [0.4, 0.5) is 18.9 Å². The minimum atomic E-state index is -4.70. The molecule has 228 valence electrons. The van der Waals surface area contributed by atoms with Gasteiger partial charge in [-0.15, -0.1) is 0 Å². The standard InChI is InChI=1S/C30H16Br2ClF3N4O5/c31-17-12-16(27(22(32)13-17)45-29(42)15-8-10-18(11-9-15)40(43)44)14-37-39-28(41)26-24(19-4-1-2-7-23(19)33)20-5-3-6-21(25(20)38-26)30(34,35)36/h1-14,38H,(H,39,41). The lowest BCUT2D eigenvalue weighted by Gasteiger charge is -2.11. The maximum absolute atomic E-state index is 13.8. The van der Waals surface area contributed by atoms with E-state index in [0.717, 1.165) is 18.2 Å². The van der Waals surface area contributed by atoms with E-state index >= 15 is 0 Å². The van der Waals surface area contributed by atoms with Crippen molar-refractivity contribution < 1.29 is 32.4 Å². The fourth-order valence-electron chi connectivity index (χ4n) is 4.44. The molecule has 2 N–H and O–H groups in total. The van der Waals surface area contributed by atoms with Crippen molar-refractivity contribution in [2.45, 2.75) is 6.18 Å². The number of aromatic amines is 1. The maximum atomic E-state index is 13.8. The maximum Gasteiger partial charge on any atom is 0.418 e. The Hall–Kier alpha value is -4.53. The van der Waals surface area contributed by atoms with E-state index in [-0.39, 0.29) is 49.7 Å². The summed E-state index contributed by atoms with van der Waals surface area (Å²) in [6.45, 7) is 0. The first-order valence-electron chi connectivity index (χ1n) is 12.6. The molecule has 0 fully saturated rings. The summed E-state index contributed by atoms with van der Waals surface area (Å²) in [5.41, 5.74) is 1.35. The van der Waals surface area contributed by atoms with E-state index in [1.165, 1.54) is 36.5 Å². The Labute approximate surface area is 273 Å². The molecule has 1 aromatic heterocycles. The molecule has 5 rings (SSSR count). The van der Waals surface area contributed by atoms with Gasteiger partial charge in [0.15, 0.2) is 5.75 Å². The number of aromatic nitrogens is 1. The summed E-state index contributed by atoms with van der Waals surface area (Å²) in [4.78, 5) is 39.1. The van der Waals surface area contributed by atoms with E-state index in [4.69, 9.17) is 16.3 Å². The highest BCUT2D eigenvalue weighted by atomic mass is 79.9. The van der Waals surface area contributed by atoms with Crippen LogP contribution in [0.15, 0.2) is 92.9 Å². The van der Waals surface area contributed by atoms with Crippen LogP contribution in [0, 0.1) is 10.1 Å². The Balaban J connectivity index is 1.48. The van der Waals surface area contributed by atoms with Crippen LogP contribution in [-0.4, -0.2) is 28.0 Å². The number of esters is 1. The predicted octanol–water partition coefficient (Wildman–Crippen LogP) is 8.92. The second kappa shape index (κ2) is 12.8. The summed E-state index contributed by atoms with van der Waals surface area (Å²) in [7, 11) is 0. The van der Waals surface area contributed by atoms with Gasteiger partial charge in [0.05, 0.1) is 32.3 Å². The van der Waals surface area contributed by atoms with Gasteiger partial charge in [-0.1, -0.05) is 57.9 Å². The largest absolute Gasteiger partial charge is 0.421 e. The molecule has 1 amide bonds. The Kier molecular flexibility index (Phi) is 9.09. The number of hydrogen-bond donors (Lipinski definition) is 2. The van der Waals surface area contributed by atoms with Crippen LogP contribution in [0.3, 0.4) is 0 Å². The third-order valence-corrected chi connectivity index (χ3v) is 7.80. The Morgan fingerprint density at radius 1 is 1.02 bits per heavy atom. The number of alkyl halides is 3. The molecule has 0 radical (unpaired) electrons. The van der Waals surface area contributed by atoms with Crippen LogP contribution in [0.5, 0.6) is 5.75 Å². The van der Waals surface area contributed by atoms with Crippen molar-refractivity contribution in [2.75, 3.05) is 0 Å². The highest BCUT2D eigenvalue weighted by Gasteiger charge is 2.35. The minimum Gasteiger partial charge on any atom is -0.421 e. The molecular weight excluding hydrogens is 749 g/mol. The summed E-state index contributed by atoms with van der Waals surface area (Å²) in [5.74, 6) is -1.68. The van der Waals surface area contributed by atoms with Gasteiger partial charge in [0.2, 0.25) is 0 Å². The molecule has 0 aliphatic heterocycles. The number of nitrogens with zero attached hydrogens (tertiary/aromatic N) is 2. The zero-order chi connectivity index (χ0) is 32.5. The van der Waals surface area contributed by atoms with Crippen LogP contribution in [0.25, 0.3) is 22.0 Å². The number of fused-ring (bicyclic) bond motifs is 1. The summed E-state index contributed by atoms with van der Waals surface area (Å²) < 4.78 is 47.9. The van der Waals surface area contributed by atoms with E-state index in [0.29, 0.717) is 14.5 Å². The van der Waals surface area contributed by atoms with Gasteiger partial charge in [0.25, 0.3) is 11.6 Å². The average molecular weight is 765 g/mol. The number of nitro groups is 1. The summed E-state index contributed by atoms with van der Waals surface area (Å²) >= 11 is 13.0. The van der Waals surface area contributed by atoms with Crippen molar-refractivity contribution in [3.63, 3.8) is 0 Å². The number of non-ortho nitro benzene ring substituents is 1. The molecule has 0 spiro atoms. The van der Waals surface area contributed by atoms with E-state index in [1.54, 1.807) is 30.3 Å². The zero-order valence-electron chi connectivity index (χ0n) is 22.3. The summed E-state index contributed by atoms with van der Waals surface area (Å²) in [5, 5.41) is 15.2. The topological polar surface area (TPSA) is 127 Å². The highest BCUT2D eigenvalue weighted by molar-refractivity contribution is 9.11. The lowest BCUT2D eigenvalue weighted by atomic mass is 10.00. The lowest BCUT2D eigenvalue weighted by Crippen LogP contribution is -2.19. The van der Waals surface area contributed by atoms with Gasteiger partial charge in [-0.25, -0.2) is 10.2 Å². The second-order valence-corrected chi connectivity index (χ2v) is 11.5. The monoisotopic (exact) mass is 762 g/mol. The van der Waals surface area contributed by atoms with Crippen LogP contribution in [-0.2, 0) is 6.18 Å². The smallest absolute Gasteiger partial charge is 0.418 e. The number of rotatable bonds is 7. The van der Waals surface area contributed by atoms with Crippen molar-refractivity contribution in [3.05, 3.63) is 125 Å². The number of nitro benzene ring substituents is 1. The molecule has 0 aliphatic rings. The van der Waals surface area contributed by atoms with Crippen LogP contribution < -0.4 is 10.2 Å². The van der Waals surface area contributed by atoms with Crippen LogP contribution in [0.1, 0.15) is 32.0 Å². The number of benzene rings is 4. The second-order valence-electron chi connectivity index (χ2n) is 9.28. The molecule has 0 atom stereocenters. The molecule has 9 nitrogen and oxygen atoms in total. The fraction of sp³-hybridized carbons (Fsp3) is 0.0333. The molecule has 0 saturated heterocycles. The van der Waals surface area contributed by atoms with Crippen molar-refractivity contribution in [3.8, 4) is 16.9 Å². The summed E-state index contributed by atoms with van der Waals surface area (Å²) in [6, 6.07) is 17.9. The molecule has 0 aliphatic carbocycles. The first-order chi connectivity index (χ1) is 21.3. The van der Waals surface area contributed by atoms with E-state index in [1.807, 2.05) is 0 Å². The first-order valence-corrected chi connectivity index (χ1v) is 14.6. The average Bonchev–Trinajstić information content (AvgIpc) is 3.38. The quantitative estimate of drug-likeness (QED) is 0.0563. The van der Waals surface area contributed by atoms with Gasteiger partial charge in [-0.3, -0.25) is 14.9 Å². The Morgan fingerprint density at radius 2 is 1.73 bits per heavy atom. The molecular formula is C30H16Br2ClF3N4O5. The van der Waals surface area contributed by atoms with Crippen molar-refractivity contribution in [1.29, 1.82) is 0 Å². The molecule has 0 saturated carbocycles. The number of hydrazone groups is 1. The highest BCUT2D eigenvalue weighted by Crippen LogP contribution is 2.41. The number of halogens is 6. The van der Waals surface area contributed by atoms with Gasteiger partial charge in [0.1, 0.15) is 5.69 Å². The normalized spacial score (nSPS) is 11.6. The molecule has 15 heteroatoms. The van der Waals surface area contributed by atoms with Gasteiger partial charge >= 0.3 is 12.1 Å². The molecule has 0 bridgehead atoms. The predicted molar refractivity (Wildman–Crippen MR) is 169 cm³/mol. The van der Waals surface area contributed by atoms with Crippen molar-refractivity contribution in [1.82, 2.24) is 10.4 Å². The van der Waals surface area contributed by atoms with Gasteiger partial charge in [-0.05, 0) is 52.3 Å². The summed E-state index contributed by atoms with van der Waals surface area (Å²) in [6.07, 6.45) is -3.53. The number of amides is 1. The minimum absolute atomic E-state index is 0.0109. The Bertz CT molecular complexity index is 2010. The van der Waals surface area contributed by atoms with E-state index in [9.17, 15) is 32.9 Å². The number of para-hydroxylation sites is 1. The molecule has 1 heterocycles. The number of carbonyl (C=O) groups excluding carboxylic acids is 2. The molecule has 45 heavy (non-hydrogen) atoms. The van der Waals surface area contributed by atoms with E-state index in [2.05, 4.69) is 47.4 Å². The lowest BCUT2D eigenvalue weighted by molar-refractivity contribution is -0.384. The SMILES string of the molecule is O=C(Oc1c(Br)cc(Br)cc1C=NNC(=O)c1[nH]c2c(C(F)(F)F)cccc2c1-c1ccccc1Cl)c1ccc([N+](=O)[O-])cc1. The van der Waals surface area contributed by atoms with Crippen LogP contribution in [0.2, 0.25) is 5.02 Å². The van der Waals surface area contributed by atoms with Crippen molar-refractivity contribution >= 4 is 78.1 Å².